The van der Waals surface area contributed by atoms with Gasteiger partial charge in [0.05, 0.1) is 24.6 Å². The normalized spacial score (nSPS) is 20.8. The third-order valence-corrected chi connectivity index (χ3v) is 4.96. The lowest BCUT2D eigenvalue weighted by molar-refractivity contribution is -0.123. The molecule has 2 amide bonds. The summed E-state index contributed by atoms with van der Waals surface area (Å²) in [5, 5.41) is 2.88. The molecule has 0 radical (unpaired) electrons. The van der Waals surface area contributed by atoms with E-state index in [9.17, 15) is 9.59 Å². The Morgan fingerprint density at radius 3 is 2.68 bits per heavy atom. The lowest BCUT2D eigenvalue weighted by Gasteiger charge is -2.17. The minimum Gasteiger partial charge on any atom is -0.495 e. The summed E-state index contributed by atoms with van der Waals surface area (Å²) in [5.74, 6) is 0.0827. The summed E-state index contributed by atoms with van der Waals surface area (Å²) in [5.41, 5.74) is 2.83. The number of carbonyl (C=O) groups excluding carboxylic acids is 2. The van der Waals surface area contributed by atoms with E-state index in [0.717, 1.165) is 12.1 Å². The Morgan fingerprint density at radius 1 is 1.08 bits per heavy atom. The van der Waals surface area contributed by atoms with Crippen molar-refractivity contribution in [2.45, 2.75) is 12.8 Å². The van der Waals surface area contributed by atoms with Gasteiger partial charge in [0.2, 0.25) is 11.8 Å². The number of benzene rings is 2. The van der Waals surface area contributed by atoms with Gasteiger partial charge in [-0.15, -0.1) is 0 Å². The Morgan fingerprint density at radius 2 is 1.84 bits per heavy atom. The van der Waals surface area contributed by atoms with E-state index in [4.69, 9.17) is 4.74 Å². The SMILES string of the molecule is COc1ccccc1NC(=O)C1CC1C(=O)N1CCc2ccccc21. The Kier molecular flexibility index (Phi) is 3.92. The molecule has 2 aliphatic rings. The van der Waals surface area contributed by atoms with E-state index >= 15 is 0 Å². The van der Waals surface area contributed by atoms with E-state index < -0.39 is 0 Å². The molecular weight excluding hydrogens is 316 g/mol. The van der Waals surface area contributed by atoms with Gasteiger partial charge in [-0.2, -0.15) is 0 Å². The average molecular weight is 336 g/mol. The molecule has 2 aromatic carbocycles. The first-order chi connectivity index (χ1) is 12.2. The lowest BCUT2D eigenvalue weighted by Crippen LogP contribution is -2.32. The van der Waals surface area contributed by atoms with Crippen LogP contribution >= 0.6 is 0 Å². The van der Waals surface area contributed by atoms with Gasteiger partial charge >= 0.3 is 0 Å². The highest BCUT2D eigenvalue weighted by atomic mass is 16.5. The fourth-order valence-electron chi connectivity index (χ4n) is 3.50. The van der Waals surface area contributed by atoms with E-state index in [1.54, 1.807) is 19.2 Å². The molecule has 0 bridgehead atoms. The number of para-hydroxylation sites is 3. The number of anilines is 2. The molecule has 1 aliphatic heterocycles. The van der Waals surface area contributed by atoms with Gasteiger partial charge < -0.3 is 15.0 Å². The van der Waals surface area contributed by atoms with Crippen LogP contribution < -0.4 is 15.0 Å². The number of hydrogen-bond acceptors (Lipinski definition) is 3. The first-order valence-electron chi connectivity index (χ1n) is 8.52. The van der Waals surface area contributed by atoms with Gasteiger partial charge in [0, 0.05) is 12.2 Å². The molecule has 1 aliphatic carbocycles. The molecule has 2 aromatic rings. The summed E-state index contributed by atoms with van der Waals surface area (Å²) in [6, 6.07) is 15.3. The van der Waals surface area contributed by atoms with Crippen LogP contribution in [0.15, 0.2) is 48.5 Å². The zero-order valence-corrected chi connectivity index (χ0v) is 14.1. The molecule has 2 atom stereocenters. The molecule has 25 heavy (non-hydrogen) atoms. The second-order valence-electron chi connectivity index (χ2n) is 6.51. The van der Waals surface area contributed by atoms with Crippen molar-refractivity contribution < 1.29 is 14.3 Å². The number of nitrogens with zero attached hydrogens (tertiary/aromatic N) is 1. The molecule has 5 nitrogen and oxygen atoms in total. The van der Waals surface area contributed by atoms with Crippen LogP contribution in [0.25, 0.3) is 0 Å². The molecule has 0 aromatic heterocycles. The molecule has 1 heterocycles. The molecule has 4 rings (SSSR count). The molecular formula is C20H20N2O3. The summed E-state index contributed by atoms with van der Waals surface area (Å²) < 4.78 is 5.25. The fourth-order valence-corrected chi connectivity index (χ4v) is 3.50. The van der Waals surface area contributed by atoms with Crippen LogP contribution in [0.3, 0.4) is 0 Å². The van der Waals surface area contributed by atoms with Crippen molar-refractivity contribution in [3.05, 3.63) is 54.1 Å². The smallest absolute Gasteiger partial charge is 0.230 e. The Balaban J connectivity index is 1.42. The second kappa shape index (κ2) is 6.24. The predicted molar refractivity (Wildman–Crippen MR) is 95.7 cm³/mol. The first-order valence-corrected chi connectivity index (χ1v) is 8.52. The van der Waals surface area contributed by atoms with E-state index in [1.165, 1.54) is 5.56 Å². The first kappa shape index (κ1) is 15.7. The van der Waals surface area contributed by atoms with Crippen molar-refractivity contribution in [3.63, 3.8) is 0 Å². The largest absolute Gasteiger partial charge is 0.495 e. The van der Waals surface area contributed by atoms with Crippen LogP contribution in [0, 0.1) is 11.8 Å². The maximum Gasteiger partial charge on any atom is 0.230 e. The molecule has 5 heteroatoms. The number of amides is 2. The van der Waals surface area contributed by atoms with Gasteiger partial charge in [0.15, 0.2) is 0 Å². The van der Waals surface area contributed by atoms with E-state index in [0.29, 0.717) is 24.4 Å². The quantitative estimate of drug-likeness (QED) is 0.934. The van der Waals surface area contributed by atoms with Crippen LogP contribution in [0.2, 0.25) is 0 Å². The van der Waals surface area contributed by atoms with Crippen molar-refractivity contribution in [2.75, 3.05) is 23.9 Å². The van der Waals surface area contributed by atoms with Crippen molar-refractivity contribution in [1.29, 1.82) is 0 Å². The van der Waals surface area contributed by atoms with Crippen molar-refractivity contribution in [2.24, 2.45) is 11.8 Å². The zero-order valence-electron chi connectivity index (χ0n) is 14.1. The molecule has 1 fully saturated rings. The van der Waals surface area contributed by atoms with Crippen LogP contribution in [0.4, 0.5) is 11.4 Å². The highest BCUT2D eigenvalue weighted by Gasteiger charge is 2.50. The summed E-state index contributed by atoms with van der Waals surface area (Å²) >= 11 is 0. The molecule has 0 spiro atoms. The van der Waals surface area contributed by atoms with Gasteiger partial charge in [-0.3, -0.25) is 9.59 Å². The Labute approximate surface area is 146 Å². The summed E-state index contributed by atoms with van der Waals surface area (Å²) in [7, 11) is 1.57. The number of methoxy groups -OCH3 is 1. The number of rotatable bonds is 4. The topological polar surface area (TPSA) is 58.6 Å². The predicted octanol–water partition coefficient (Wildman–Crippen LogP) is 2.86. The molecule has 0 saturated heterocycles. The van der Waals surface area contributed by atoms with Crippen molar-refractivity contribution in [3.8, 4) is 5.75 Å². The average Bonchev–Trinajstić information content (AvgIpc) is 3.34. The van der Waals surface area contributed by atoms with E-state index in [-0.39, 0.29) is 23.7 Å². The Hall–Kier alpha value is -2.82. The molecule has 2 unspecified atom stereocenters. The van der Waals surface area contributed by atoms with Gasteiger partial charge in [-0.25, -0.2) is 0 Å². The van der Waals surface area contributed by atoms with Crippen LogP contribution in [0.1, 0.15) is 12.0 Å². The number of hydrogen-bond donors (Lipinski definition) is 1. The van der Waals surface area contributed by atoms with Crippen molar-refractivity contribution >= 4 is 23.2 Å². The van der Waals surface area contributed by atoms with E-state index in [2.05, 4.69) is 11.4 Å². The minimum atomic E-state index is -0.259. The Bertz CT molecular complexity index is 833. The maximum absolute atomic E-state index is 12.8. The molecule has 1 N–H and O–H groups in total. The van der Waals surface area contributed by atoms with Crippen LogP contribution in [0.5, 0.6) is 5.75 Å². The maximum atomic E-state index is 12.8. The number of carbonyl (C=O) groups is 2. The van der Waals surface area contributed by atoms with Gasteiger partial charge in [0.25, 0.3) is 0 Å². The van der Waals surface area contributed by atoms with Crippen LogP contribution in [-0.2, 0) is 16.0 Å². The number of ether oxygens (including phenoxy) is 1. The van der Waals surface area contributed by atoms with E-state index in [1.807, 2.05) is 35.2 Å². The highest BCUT2D eigenvalue weighted by Crippen LogP contribution is 2.43. The summed E-state index contributed by atoms with van der Waals surface area (Å²) in [6.45, 7) is 0.704. The standard InChI is InChI=1S/C20H20N2O3/c1-25-18-9-5-3-7-16(18)21-19(23)14-12-15(14)20(24)22-11-10-13-6-2-4-8-17(13)22/h2-9,14-15H,10-12H2,1H3,(H,21,23). The summed E-state index contributed by atoms with van der Waals surface area (Å²) in [4.78, 5) is 27.1. The van der Waals surface area contributed by atoms with Crippen molar-refractivity contribution in [1.82, 2.24) is 0 Å². The van der Waals surface area contributed by atoms with Crippen LogP contribution in [-0.4, -0.2) is 25.5 Å². The third-order valence-electron chi connectivity index (χ3n) is 4.96. The zero-order chi connectivity index (χ0) is 17.4. The fraction of sp³-hybridized carbons (Fsp3) is 0.300. The van der Waals surface area contributed by atoms with Gasteiger partial charge in [-0.05, 0) is 36.6 Å². The van der Waals surface area contributed by atoms with Gasteiger partial charge in [-0.1, -0.05) is 30.3 Å². The molecule has 1 saturated carbocycles. The highest BCUT2D eigenvalue weighted by molar-refractivity contribution is 6.05. The number of fused-ring (bicyclic) bond motifs is 1. The minimum absolute atomic E-state index is 0.0603. The molecule has 128 valence electrons. The second-order valence-corrected chi connectivity index (χ2v) is 6.51. The lowest BCUT2D eigenvalue weighted by atomic mass is 10.2. The monoisotopic (exact) mass is 336 g/mol. The third kappa shape index (κ3) is 2.86. The summed E-state index contributed by atoms with van der Waals surface area (Å²) in [6.07, 6.45) is 1.49. The number of nitrogens with one attached hydrogen (secondary N) is 1. The van der Waals surface area contributed by atoms with Gasteiger partial charge in [0.1, 0.15) is 5.75 Å².